The predicted molar refractivity (Wildman–Crippen MR) is 90.5 cm³/mol. The van der Waals surface area contributed by atoms with Crippen LogP contribution < -0.4 is 5.32 Å². The first kappa shape index (κ1) is 12.3. The maximum Gasteiger partial charge on any atom is 0.0485 e. The molecule has 0 spiro atoms. The Morgan fingerprint density at radius 3 is 2.43 bits per heavy atom. The average Bonchev–Trinajstić information content (AvgIpc) is 2.85. The molecule has 0 unspecified atom stereocenters. The molecule has 4 rings (SSSR count). The van der Waals surface area contributed by atoms with Gasteiger partial charge in [0.2, 0.25) is 0 Å². The lowest BCUT2D eigenvalue weighted by atomic mass is 10.1. The molecule has 4 aromatic rings. The Morgan fingerprint density at radius 1 is 0.714 bits per heavy atom. The van der Waals surface area contributed by atoms with Crippen molar-refractivity contribution in [2.45, 2.75) is 0 Å². The van der Waals surface area contributed by atoms with Gasteiger partial charge in [-0.3, -0.25) is 0 Å². The van der Waals surface area contributed by atoms with Crippen molar-refractivity contribution in [1.29, 1.82) is 0 Å². The van der Waals surface area contributed by atoms with Crippen molar-refractivity contribution in [3.63, 3.8) is 0 Å². The van der Waals surface area contributed by atoms with Gasteiger partial charge in [-0.1, -0.05) is 35.9 Å². The normalized spacial score (nSPS) is 11.1. The van der Waals surface area contributed by atoms with Crippen LogP contribution in [0.5, 0.6) is 0 Å². The Morgan fingerprint density at radius 2 is 1.57 bits per heavy atom. The quantitative estimate of drug-likeness (QED) is 0.486. The molecule has 0 saturated carbocycles. The number of aromatic nitrogens is 1. The highest BCUT2D eigenvalue weighted by Gasteiger charge is 2.05. The molecule has 0 amide bonds. The van der Waals surface area contributed by atoms with E-state index in [1.54, 1.807) is 0 Å². The minimum absolute atomic E-state index is 0.759. The fraction of sp³-hybridized carbons (Fsp3) is 0. The summed E-state index contributed by atoms with van der Waals surface area (Å²) in [5.74, 6) is 0. The van der Waals surface area contributed by atoms with Gasteiger partial charge < -0.3 is 10.3 Å². The van der Waals surface area contributed by atoms with Crippen molar-refractivity contribution in [2.24, 2.45) is 0 Å². The monoisotopic (exact) mass is 292 g/mol. The number of hydrogen-bond acceptors (Lipinski definition) is 1. The minimum Gasteiger partial charge on any atom is -0.355 e. The van der Waals surface area contributed by atoms with Gasteiger partial charge >= 0.3 is 0 Å². The first-order valence-corrected chi connectivity index (χ1v) is 7.20. The molecule has 0 aliphatic heterocycles. The number of H-pyrrole nitrogens is 1. The van der Waals surface area contributed by atoms with Gasteiger partial charge in [-0.05, 0) is 42.5 Å². The van der Waals surface area contributed by atoms with E-state index in [2.05, 4.69) is 40.6 Å². The summed E-state index contributed by atoms with van der Waals surface area (Å²) in [5, 5.41) is 6.51. The molecule has 1 aromatic heterocycles. The van der Waals surface area contributed by atoms with Gasteiger partial charge in [0.05, 0.1) is 0 Å². The molecule has 3 heteroatoms. The van der Waals surface area contributed by atoms with Crippen LogP contribution in [-0.4, -0.2) is 4.98 Å². The third kappa shape index (κ3) is 2.24. The van der Waals surface area contributed by atoms with Crippen LogP contribution in [0, 0.1) is 0 Å². The van der Waals surface area contributed by atoms with E-state index < -0.39 is 0 Å². The molecule has 0 aliphatic carbocycles. The van der Waals surface area contributed by atoms with Crippen molar-refractivity contribution in [3.8, 4) is 0 Å². The lowest BCUT2D eigenvalue weighted by Gasteiger charge is -2.06. The van der Waals surface area contributed by atoms with Crippen LogP contribution >= 0.6 is 11.6 Å². The van der Waals surface area contributed by atoms with E-state index in [0.29, 0.717) is 0 Å². The summed E-state index contributed by atoms with van der Waals surface area (Å²) in [7, 11) is 0. The van der Waals surface area contributed by atoms with Crippen molar-refractivity contribution in [2.75, 3.05) is 5.32 Å². The van der Waals surface area contributed by atoms with E-state index in [0.717, 1.165) is 32.8 Å². The fourth-order valence-corrected chi connectivity index (χ4v) is 2.81. The molecule has 0 aliphatic rings. The Kier molecular flexibility index (Phi) is 2.83. The molecule has 0 radical (unpaired) electrons. The molecule has 1 heterocycles. The van der Waals surface area contributed by atoms with E-state index in [1.165, 1.54) is 5.39 Å². The third-order valence-electron chi connectivity index (χ3n) is 3.62. The maximum atomic E-state index is 6.09. The van der Waals surface area contributed by atoms with Crippen molar-refractivity contribution < 1.29 is 0 Å². The second-order valence-corrected chi connectivity index (χ2v) is 5.50. The summed E-state index contributed by atoms with van der Waals surface area (Å²) < 4.78 is 0. The summed E-state index contributed by atoms with van der Waals surface area (Å²) in [6, 6.07) is 22.4. The molecular formula is C18H13ClN2. The van der Waals surface area contributed by atoms with Crippen molar-refractivity contribution in [1.82, 2.24) is 4.98 Å². The summed E-state index contributed by atoms with van der Waals surface area (Å²) in [6.45, 7) is 0. The van der Waals surface area contributed by atoms with Gasteiger partial charge in [-0.15, -0.1) is 0 Å². The molecule has 2 N–H and O–H groups in total. The van der Waals surface area contributed by atoms with E-state index in [-0.39, 0.29) is 0 Å². The van der Waals surface area contributed by atoms with Crippen LogP contribution in [0.2, 0.25) is 5.02 Å². The van der Waals surface area contributed by atoms with Gasteiger partial charge in [0.1, 0.15) is 0 Å². The Labute approximate surface area is 127 Å². The number of hydrogen-bond donors (Lipinski definition) is 2. The lowest BCUT2D eigenvalue weighted by molar-refractivity contribution is 1.52. The second kappa shape index (κ2) is 4.83. The summed E-state index contributed by atoms with van der Waals surface area (Å²) in [6.07, 6.45) is 0. The first-order chi connectivity index (χ1) is 10.3. The average molecular weight is 293 g/mol. The van der Waals surface area contributed by atoms with Crippen LogP contribution in [0.4, 0.5) is 11.4 Å². The van der Waals surface area contributed by atoms with Gasteiger partial charge in [-0.25, -0.2) is 0 Å². The molecular weight excluding hydrogens is 280 g/mol. The highest BCUT2D eigenvalue weighted by atomic mass is 35.5. The predicted octanol–water partition coefficient (Wildman–Crippen LogP) is 5.72. The summed E-state index contributed by atoms with van der Waals surface area (Å²) in [4.78, 5) is 3.43. The van der Waals surface area contributed by atoms with E-state index in [9.17, 15) is 0 Å². The SMILES string of the molecule is Clc1ccc2[nH]c3cc(Nc4ccccc4)ccc3c2c1. The van der Waals surface area contributed by atoms with Crippen LogP contribution in [0.25, 0.3) is 21.8 Å². The first-order valence-electron chi connectivity index (χ1n) is 6.83. The lowest BCUT2D eigenvalue weighted by Crippen LogP contribution is -1.88. The zero-order chi connectivity index (χ0) is 14.2. The molecule has 2 nitrogen and oxygen atoms in total. The van der Waals surface area contributed by atoms with Gasteiger partial charge in [-0.2, -0.15) is 0 Å². The number of nitrogens with one attached hydrogen (secondary N) is 2. The van der Waals surface area contributed by atoms with Crippen LogP contribution in [0.15, 0.2) is 66.7 Å². The number of fused-ring (bicyclic) bond motifs is 3. The molecule has 102 valence electrons. The van der Waals surface area contributed by atoms with Gasteiger partial charge in [0, 0.05) is 38.2 Å². The standard InChI is InChI=1S/C18H13ClN2/c19-12-6-9-17-16(10-12)15-8-7-14(11-18(15)21-17)20-13-4-2-1-3-5-13/h1-11,20-21H. The number of aromatic amines is 1. The van der Waals surface area contributed by atoms with E-state index >= 15 is 0 Å². The summed E-state index contributed by atoms with van der Waals surface area (Å²) >= 11 is 6.09. The van der Waals surface area contributed by atoms with Gasteiger partial charge in [0.15, 0.2) is 0 Å². The van der Waals surface area contributed by atoms with Crippen LogP contribution in [0.3, 0.4) is 0 Å². The zero-order valence-electron chi connectivity index (χ0n) is 11.2. The molecule has 0 saturated heterocycles. The minimum atomic E-state index is 0.759. The van der Waals surface area contributed by atoms with Crippen LogP contribution in [-0.2, 0) is 0 Å². The van der Waals surface area contributed by atoms with Crippen molar-refractivity contribution >= 4 is 44.8 Å². The van der Waals surface area contributed by atoms with Gasteiger partial charge in [0.25, 0.3) is 0 Å². The fourth-order valence-electron chi connectivity index (χ4n) is 2.64. The van der Waals surface area contributed by atoms with E-state index in [1.807, 2.05) is 36.4 Å². The molecule has 21 heavy (non-hydrogen) atoms. The largest absolute Gasteiger partial charge is 0.355 e. The number of anilines is 2. The smallest absolute Gasteiger partial charge is 0.0485 e. The number of halogens is 1. The highest BCUT2D eigenvalue weighted by molar-refractivity contribution is 6.31. The second-order valence-electron chi connectivity index (χ2n) is 5.07. The number of rotatable bonds is 2. The third-order valence-corrected chi connectivity index (χ3v) is 3.86. The Hall–Kier alpha value is -2.45. The molecule has 0 atom stereocenters. The Balaban J connectivity index is 1.81. The molecule has 3 aromatic carbocycles. The molecule has 0 bridgehead atoms. The maximum absolute atomic E-state index is 6.09. The summed E-state index contributed by atoms with van der Waals surface area (Å²) in [5.41, 5.74) is 4.35. The van der Waals surface area contributed by atoms with E-state index in [4.69, 9.17) is 11.6 Å². The van der Waals surface area contributed by atoms with Crippen molar-refractivity contribution in [3.05, 3.63) is 71.8 Å². The highest BCUT2D eigenvalue weighted by Crippen LogP contribution is 2.30. The topological polar surface area (TPSA) is 27.8 Å². The molecule has 0 fully saturated rings. The van der Waals surface area contributed by atoms with Crippen LogP contribution in [0.1, 0.15) is 0 Å². The number of para-hydroxylation sites is 1. The zero-order valence-corrected chi connectivity index (χ0v) is 12.0. The Bertz CT molecular complexity index is 926. The number of benzene rings is 3.